The van der Waals surface area contributed by atoms with Gasteiger partial charge in [-0.3, -0.25) is 4.79 Å². The van der Waals surface area contributed by atoms with Crippen molar-refractivity contribution >= 4 is 45.2 Å². The molecule has 4 rings (SSSR count). The van der Waals surface area contributed by atoms with Crippen molar-refractivity contribution in [3.8, 4) is 0 Å². The minimum Gasteiger partial charge on any atom is -0.325 e. The summed E-state index contributed by atoms with van der Waals surface area (Å²) in [7, 11) is 0. The Morgan fingerprint density at radius 2 is 1.56 bits per heavy atom. The molecular formula is C34H45F3N2OS. The first-order valence-electron chi connectivity index (χ1n) is 15.5. The molecule has 224 valence electrons. The molecule has 0 radical (unpaired) electrons. The summed E-state index contributed by atoms with van der Waals surface area (Å²) in [6, 6.07) is 14.4. The number of carbonyl (C=O) groups is 1. The maximum Gasteiger partial charge on any atom is 0.389 e. The lowest BCUT2D eigenvalue weighted by Gasteiger charge is -2.28. The number of thioether (sulfide) groups is 1. The predicted octanol–water partition coefficient (Wildman–Crippen LogP) is 10.8. The van der Waals surface area contributed by atoms with E-state index in [1.54, 1.807) is 0 Å². The van der Waals surface area contributed by atoms with Gasteiger partial charge in [0.1, 0.15) is 0 Å². The number of aryl methyl sites for hydroxylation is 1. The maximum atomic E-state index is 13.2. The number of pyridine rings is 1. The molecule has 1 aromatic heterocycles. The van der Waals surface area contributed by atoms with Gasteiger partial charge in [-0.1, -0.05) is 76.0 Å². The Labute approximate surface area is 247 Å². The molecule has 0 bridgehead atoms. The summed E-state index contributed by atoms with van der Waals surface area (Å²) in [6.07, 6.45) is 9.72. The van der Waals surface area contributed by atoms with Crippen LogP contribution in [0.15, 0.2) is 42.5 Å². The number of unbranched alkanes of at least 4 members (excludes halogenated alkanes) is 6. The van der Waals surface area contributed by atoms with E-state index in [-0.39, 0.29) is 12.3 Å². The Balaban J connectivity index is 1.31. The van der Waals surface area contributed by atoms with E-state index in [1.807, 2.05) is 43.8 Å². The summed E-state index contributed by atoms with van der Waals surface area (Å²) >= 11 is 1.82. The summed E-state index contributed by atoms with van der Waals surface area (Å²) in [6.45, 7) is 4.07. The summed E-state index contributed by atoms with van der Waals surface area (Å²) in [4.78, 5) is 18.2. The molecule has 0 saturated heterocycles. The molecule has 1 aliphatic rings. The highest BCUT2D eigenvalue weighted by Gasteiger charge is 2.32. The van der Waals surface area contributed by atoms with Gasteiger partial charge in [0.25, 0.3) is 0 Å². The zero-order valence-electron chi connectivity index (χ0n) is 24.6. The van der Waals surface area contributed by atoms with Crippen molar-refractivity contribution in [1.29, 1.82) is 0 Å². The van der Waals surface area contributed by atoms with Crippen LogP contribution >= 0.6 is 11.8 Å². The molecule has 7 heteroatoms. The van der Waals surface area contributed by atoms with Crippen LogP contribution in [0, 0.1) is 0 Å². The van der Waals surface area contributed by atoms with Crippen LogP contribution < -0.4 is 5.32 Å². The standard InChI is InChI=1S/C34H45F3N2OS/c1-33(2,41-29-18-11-7-8-12-19-29)32(40)38-28-20-21-30-27(24-28)23-26-17-14-16-25(31(26)39-30)15-10-6-4-3-5-9-13-22-34(35,36)37/h14,16-17,20-21,23-24,29H,3-13,15,18-19,22H2,1-2H3,(H,38,40). The van der Waals surface area contributed by atoms with E-state index in [4.69, 9.17) is 4.98 Å². The molecule has 1 amide bonds. The van der Waals surface area contributed by atoms with E-state index >= 15 is 0 Å². The second-order valence-electron chi connectivity index (χ2n) is 12.2. The molecule has 3 nitrogen and oxygen atoms in total. The van der Waals surface area contributed by atoms with Crippen LogP contribution in [0.4, 0.5) is 18.9 Å². The van der Waals surface area contributed by atoms with Crippen LogP contribution in [0.25, 0.3) is 21.8 Å². The number of fused-ring (bicyclic) bond motifs is 2. The zero-order chi connectivity index (χ0) is 29.3. The molecule has 1 N–H and O–H groups in total. The van der Waals surface area contributed by atoms with Gasteiger partial charge in [0.2, 0.25) is 5.91 Å². The van der Waals surface area contributed by atoms with Crippen molar-refractivity contribution in [2.75, 3.05) is 5.32 Å². The number of hydrogen-bond acceptors (Lipinski definition) is 3. The zero-order valence-corrected chi connectivity index (χ0v) is 25.4. The highest BCUT2D eigenvalue weighted by molar-refractivity contribution is 8.02. The SMILES string of the molecule is CC(C)(SC1CCCCCC1)C(=O)Nc1ccc2nc3c(CCCCCCCCCC(F)(F)F)cccc3cc2c1. The highest BCUT2D eigenvalue weighted by Crippen LogP contribution is 2.37. The molecule has 0 unspecified atom stereocenters. The van der Waals surface area contributed by atoms with Gasteiger partial charge in [-0.2, -0.15) is 13.2 Å². The number of nitrogens with zero attached hydrogens (tertiary/aromatic N) is 1. The fourth-order valence-corrected chi connectivity index (χ4v) is 7.40. The van der Waals surface area contributed by atoms with Crippen molar-refractivity contribution in [3.63, 3.8) is 0 Å². The Hall–Kier alpha value is -2.28. The molecule has 3 aromatic rings. The smallest absolute Gasteiger partial charge is 0.325 e. The molecule has 0 aliphatic heterocycles. The first kappa shape index (κ1) is 31.7. The molecule has 1 heterocycles. The number of benzene rings is 2. The van der Waals surface area contributed by atoms with Crippen LogP contribution in [0.2, 0.25) is 0 Å². The van der Waals surface area contributed by atoms with E-state index in [2.05, 4.69) is 29.6 Å². The van der Waals surface area contributed by atoms with Crippen molar-refractivity contribution in [1.82, 2.24) is 4.98 Å². The van der Waals surface area contributed by atoms with Crippen molar-refractivity contribution in [2.45, 2.75) is 126 Å². The Morgan fingerprint density at radius 1 is 0.878 bits per heavy atom. The number of rotatable bonds is 13. The monoisotopic (exact) mass is 586 g/mol. The third-order valence-electron chi connectivity index (χ3n) is 8.20. The van der Waals surface area contributed by atoms with E-state index in [0.717, 1.165) is 66.0 Å². The largest absolute Gasteiger partial charge is 0.389 e. The molecular weight excluding hydrogens is 541 g/mol. The van der Waals surface area contributed by atoms with E-state index < -0.39 is 17.3 Å². The lowest BCUT2D eigenvalue weighted by atomic mass is 10.0. The molecule has 1 saturated carbocycles. The number of nitrogens with one attached hydrogen (secondary N) is 1. The van der Waals surface area contributed by atoms with E-state index in [9.17, 15) is 18.0 Å². The Morgan fingerprint density at radius 3 is 2.27 bits per heavy atom. The Bertz CT molecular complexity index is 1280. The van der Waals surface area contributed by atoms with Crippen LogP contribution in [0.3, 0.4) is 0 Å². The normalized spacial score (nSPS) is 15.3. The Kier molecular flexibility index (Phi) is 11.4. The number of alkyl halides is 3. The van der Waals surface area contributed by atoms with E-state index in [1.165, 1.54) is 44.1 Å². The van der Waals surface area contributed by atoms with Gasteiger partial charge < -0.3 is 5.32 Å². The fraction of sp³-hybridized carbons (Fsp3) is 0.588. The summed E-state index contributed by atoms with van der Waals surface area (Å²) in [5.41, 5.74) is 3.95. The van der Waals surface area contributed by atoms with Gasteiger partial charge in [-0.05, 0) is 75.8 Å². The average molecular weight is 587 g/mol. The summed E-state index contributed by atoms with van der Waals surface area (Å²) < 4.78 is 36.2. The van der Waals surface area contributed by atoms with Crippen LogP contribution in [-0.2, 0) is 11.2 Å². The molecule has 1 aliphatic carbocycles. The van der Waals surface area contributed by atoms with Crippen molar-refractivity contribution < 1.29 is 18.0 Å². The average Bonchev–Trinajstić information content (AvgIpc) is 3.18. The maximum absolute atomic E-state index is 13.2. The van der Waals surface area contributed by atoms with Crippen molar-refractivity contribution in [3.05, 3.63) is 48.0 Å². The van der Waals surface area contributed by atoms with Gasteiger partial charge in [-0.15, -0.1) is 11.8 Å². The minimum absolute atomic E-state index is 0.0449. The van der Waals surface area contributed by atoms with Gasteiger partial charge in [0, 0.05) is 28.1 Å². The molecule has 2 aromatic carbocycles. The van der Waals surface area contributed by atoms with Gasteiger partial charge >= 0.3 is 6.18 Å². The number of para-hydroxylation sites is 1. The number of carbonyl (C=O) groups excluding carboxylic acids is 1. The lowest BCUT2D eigenvalue weighted by Crippen LogP contribution is -2.35. The molecule has 0 atom stereocenters. The number of amides is 1. The summed E-state index contributed by atoms with van der Waals surface area (Å²) in [5, 5.41) is 5.81. The fourth-order valence-electron chi connectivity index (χ4n) is 5.84. The van der Waals surface area contributed by atoms with Crippen LogP contribution in [-0.4, -0.2) is 27.1 Å². The molecule has 0 spiro atoms. The topological polar surface area (TPSA) is 42.0 Å². The first-order valence-corrected chi connectivity index (χ1v) is 16.4. The quantitative estimate of drug-likeness (QED) is 0.123. The number of anilines is 1. The van der Waals surface area contributed by atoms with E-state index in [0.29, 0.717) is 11.7 Å². The minimum atomic E-state index is -4.03. The predicted molar refractivity (Wildman–Crippen MR) is 168 cm³/mol. The second kappa shape index (κ2) is 14.8. The summed E-state index contributed by atoms with van der Waals surface area (Å²) in [5.74, 6) is 0.0449. The third kappa shape index (κ3) is 9.90. The number of aromatic nitrogens is 1. The van der Waals surface area contributed by atoms with Gasteiger partial charge in [0.05, 0.1) is 15.8 Å². The van der Waals surface area contributed by atoms with Crippen LogP contribution in [0.1, 0.15) is 109 Å². The lowest BCUT2D eigenvalue weighted by molar-refractivity contribution is -0.135. The molecule has 41 heavy (non-hydrogen) atoms. The second-order valence-corrected chi connectivity index (χ2v) is 14.1. The van der Waals surface area contributed by atoms with Crippen molar-refractivity contribution in [2.24, 2.45) is 0 Å². The van der Waals surface area contributed by atoms with Crippen LogP contribution in [0.5, 0.6) is 0 Å². The first-order chi connectivity index (χ1) is 19.6. The highest BCUT2D eigenvalue weighted by atomic mass is 32.2. The number of halogens is 3. The van der Waals surface area contributed by atoms with Gasteiger partial charge in [0.15, 0.2) is 0 Å². The number of hydrogen-bond donors (Lipinski definition) is 1. The third-order valence-corrected chi connectivity index (χ3v) is 9.78. The molecule has 1 fully saturated rings. The van der Waals surface area contributed by atoms with Gasteiger partial charge in [-0.25, -0.2) is 4.98 Å².